The van der Waals surface area contributed by atoms with E-state index in [1.54, 1.807) is 18.3 Å². The molecule has 0 amide bonds. The number of aromatic nitrogens is 3. The standard InChI is InChI=1S/C14H11N3O/c1-9-4-6-10(7-5-9)12-16-13-11(14(18)17-12)3-2-8-15-13/h2-8H,1H3,(H,15,16,17,18). The zero-order valence-electron chi connectivity index (χ0n) is 9.84. The molecule has 0 atom stereocenters. The van der Waals surface area contributed by atoms with Crippen LogP contribution in [0.15, 0.2) is 47.4 Å². The van der Waals surface area contributed by atoms with Crippen molar-refractivity contribution < 1.29 is 0 Å². The fraction of sp³-hybridized carbons (Fsp3) is 0.0714. The summed E-state index contributed by atoms with van der Waals surface area (Å²) in [5, 5.41) is 0.508. The van der Waals surface area contributed by atoms with Crippen molar-refractivity contribution in [1.29, 1.82) is 0 Å². The lowest BCUT2D eigenvalue weighted by atomic mass is 10.1. The van der Waals surface area contributed by atoms with E-state index in [-0.39, 0.29) is 5.56 Å². The second kappa shape index (κ2) is 4.07. The average molecular weight is 237 g/mol. The van der Waals surface area contributed by atoms with Crippen molar-refractivity contribution >= 4 is 11.0 Å². The van der Waals surface area contributed by atoms with Crippen LogP contribution in [-0.4, -0.2) is 15.0 Å². The van der Waals surface area contributed by atoms with Gasteiger partial charge in [0.1, 0.15) is 5.82 Å². The Hall–Kier alpha value is -2.49. The molecule has 18 heavy (non-hydrogen) atoms. The molecule has 0 radical (unpaired) electrons. The minimum atomic E-state index is -0.163. The summed E-state index contributed by atoms with van der Waals surface area (Å²) in [6.07, 6.45) is 1.63. The second-order valence-electron chi connectivity index (χ2n) is 4.16. The SMILES string of the molecule is Cc1ccc(-c2nc3ncccc3c(=O)[nH]2)cc1. The second-order valence-corrected chi connectivity index (χ2v) is 4.16. The van der Waals surface area contributed by atoms with Crippen molar-refractivity contribution in [3.8, 4) is 11.4 Å². The van der Waals surface area contributed by atoms with Crippen LogP contribution in [0, 0.1) is 6.92 Å². The van der Waals surface area contributed by atoms with E-state index in [0.717, 1.165) is 5.56 Å². The molecule has 2 heterocycles. The van der Waals surface area contributed by atoms with Gasteiger partial charge in [-0.1, -0.05) is 29.8 Å². The first kappa shape index (κ1) is 10.7. The first-order valence-corrected chi connectivity index (χ1v) is 5.66. The largest absolute Gasteiger partial charge is 0.306 e. The number of hydrogen-bond acceptors (Lipinski definition) is 3. The summed E-state index contributed by atoms with van der Waals surface area (Å²) in [5.74, 6) is 0.547. The zero-order valence-corrected chi connectivity index (χ0v) is 9.84. The third kappa shape index (κ3) is 1.78. The van der Waals surface area contributed by atoms with Crippen LogP contribution in [0.4, 0.5) is 0 Å². The van der Waals surface area contributed by atoms with Crippen molar-refractivity contribution in [1.82, 2.24) is 15.0 Å². The molecule has 1 aromatic carbocycles. The fourth-order valence-corrected chi connectivity index (χ4v) is 1.82. The van der Waals surface area contributed by atoms with Crippen LogP contribution in [0.5, 0.6) is 0 Å². The van der Waals surface area contributed by atoms with E-state index in [9.17, 15) is 4.79 Å². The van der Waals surface area contributed by atoms with Gasteiger partial charge in [-0.2, -0.15) is 0 Å². The Morgan fingerprint density at radius 2 is 1.89 bits per heavy atom. The summed E-state index contributed by atoms with van der Waals surface area (Å²) in [6, 6.07) is 11.3. The summed E-state index contributed by atoms with van der Waals surface area (Å²) in [5.41, 5.74) is 2.35. The molecular weight excluding hydrogens is 226 g/mol. The number of aryl methyl sites for hydroxylation is 1. The summed E-state index contributed by atoms with van der Waals surface area (Å²) in [7, 11) is 0. The Kier molecular flexibility index (Phi) is 2.41. The van der Waals surface area contributed by atoms with Crippen molar-refractivity contribution in [2.75, 3.05) is 0 Å². The van der Waals surface area contributed by atoms with Gasteiger partial charge < -0.3 is 4.98 Å². The smallest absolute Gasteiger partial charge is 0.260 e. The number of pyridine rings is 1. The van der Waals surface area contributed by atoms with E-state index >= 15 is 0 Å². The molecule has 4 nitrogen and oxygen atoms in total. The number of hydrogen-bond donors (Lipinski definition) is 1. The number of fused-ring (bicyclic) bond motifs is 1. The number of nitrogens with zero attached hydrogens (tertiary/aromatic N) is 2. The minimum Gasteiger partial charge on any atom is -0.306 e. The highest BCUT2D eigenvalue weighted by atomic mass is 16.1. The van der Waals surface area contributed by atoms with Crippen LogP contribution in [0.25, 0.3) is 22.4 Å². The number of aromatic amines is 1. The van der Waals surface area contributed by atoms with Crippen LogP contribution >= 0.6 is 0 Å². The highest BCUT2D eigenvalue weighted by molar-refractivity contribution is 5.75. The molecule has 0 unspecified atom stereocenters. The molecule has 3 rings (SSSR count). The van der Waals surface area contributed by atoms with Crippen molar-refractivity contribution in [3.63, 3.8) is 0 Å². The predicted octanol–water partition coefficient (Wildman–Crippen LogP) is 2.29. The van der Waals surface area contributed by atoms with Crippen LogP contribution in [0.1, 0.15) is 5.56 Å². The molecule has 4 heteroatoms. The minimum absolute atomic E-state index is 0.163. The molecule has 0 aliphatic rings. The highest BCUT2D eigenvalue weighted by Crippen LogP contribution is 2.15. The summed E-state index contributed by atoms with van der Waals surface area (Å²) < 4.78 is 0. The molecule has 0 saturated heterocycles. The first-order valence-electron chi connectivity index (χ1n) is 5.66. The van der Waals surface area contributed by atoms with Gasteiger partial charge in [0.05, 0.1) is 5.39 Å². The average Bonchev–Trinajstić information content (AvgIpc) is 2.39. The molecule has 0 aliphatic carbocycles. The van der Waals surface area contributed by atoms with Gasteiger partial charge >= 0.3 is 0 Å². The van der Waals surface area contributed by atoms with E-state index in [4.69, 9.17) is 0 Å². The summed E-state index contributed by atoms with van der Waals surface area (Å²) in [6.45, 7) is 2.02. The molecule has 0 bridgehead atoms. The maximum Gasteiger partial charge on any atom is 0.260 e. The number of rotatable bonds is 1. The van der Waals surface area contributed by atoms with E-state index < -0.39 is 0 Å². The normalized spacial score (nSPS) is 10.7. The van der Waals surface area contributed by atoms with E-state index in [0.29, 0.717) is 16.9 Å². The first-order chi connectivity index (χ1) is 8.74. The third-order valence-electron chi connectivity index (χ3n) is 2.81. The van der Waals surface area contributed by atoms with Gasteiger partial charge in [-0.05, 0) is 19.1 Å². The molecule has 0 saturated carbocycles. The van der Waals surface area contributed by atoms with E-state index in [1.807, 2.05) is 31.2 Å². The monoisotopic (exact) mass is 237 g/mol. The van der Waals surface area contributed by atoms with Crippen molar-refractivity contribution in [2.45, 2.75) is 6.92 Å². The molecule has 1 N–H and O–H groups in total. The Morgan fingerprint density at radius 3 is 2.67 bits per heavy atom. The lowest BCUT2D eigenvalue weighted by molar-refractivity contribution is 1.15. The Morgan fingerprint density at radius 1 is 1.11 bits per heavy atom. The van der Waals surface area contributed by atoms with Gasteiger partial charge in [0.2, 0.25) is 0 Å². The van der Waals surface area contributed by atoms with Gasteiger partial charge in [-0.25, -0.2) is 9.97 Å². The molecule has 0 spiro atoms. The quantitative estimate of drug-likeness (QED) is 0.706. The number of H-pyrrole nitrogens is 1. The predicted molar refractivity (Wildman–Crippen MR) is 70.3 cm³/mol. The molecule has 0 fully saturated rings. The van der Waals surface area contributed by atoms with E-state index in [2.05, 4.69) is 15.0 Å². The van der Waals surface area contributed by atoms with Crippen LogP contribution in [0.2, 0.25) is 0 Å². The van der Waals surface area contributed by atoms with Gasteiger partial charge in [0.25, 0.3) is 5.56 Å². The summed E-state index contributed by atoms with van der Waals surface area (Å²) in [4.78, 5) is 23.2. The molecule has 0 aliphatic heterocycles. The Balaban J connectivity index is 2.24. The molecule has 88 valence electrons. The molecule has 3 aromatic rings. The van der Waals surface area contributed by atoms with Gasteiger partial charge in [-0.15, -0.1) is 0 Å². The van der Waals surface area contributed by atoms with Gasteiger partial charge in [0.15, 0.2) is 5.65 Å². The Bertz CT molecular complexity index is 760. The number of benzene rings is 1. The summed E-state index contributed by atoms with van der Waals surface area (Å²) >= 11 is 0. The van der Waals surface area contributed by atoms with Crippen LogP contribution in [0.3, 0.4) is 0 Å². The maximum atomic E-state index is 11.9. The highest BCUT2D eigenvalue weighted by Gasteiger charge is 2.05. The third-order valence-corrected chi connectivity index (χ3v) is 2.81. The van der Waals surface area contributed by atoms with Crippen LogP contribution < -0.4 is 5.56 Å². The Labute approximate surface area is 103 Å². The van der Waals surface area contributed by atoms with E-state index in [1.165, 1.54) is 5.56 Å². The lowest BCUT2D eigenvalue weighted by Gasteiger charge is -2.02. The van der Waals surface area contributed by atoms with Crippen molar-refractivity contribution in [2.24, 2.45) is 0 Å². The zero-order chi connectivity index (χ0) is 12.5. The van der Waals surface area contributed by atoms with Crippen LogP contribution in [-0.2, 0) is 0 Å². The number of nitrogens with one attached hydrogen (secondary N) is 1. The lowest BCUT2D eigenvalue weighted by Crippen LogP contribution is -2.10. The van der Waals surface area contributed by atoms with Gasteiger partial charge in [0, 0.05) is 11.8 Å². The van der Waals surface area contributed by atoms with Crippen molar-refractivity contribution in [3.05, 3.63) is 58.5 Å². The molecule has 2 aromatic heterocycles. The molecular formula is C14H11N3O. The topological polar surface area (TPSA) is 58.6 Å². The maximum absolute atomic E-state index is 11.9. The fourth-order valence-electron chi connectivity index (χ4n) is 1.82. The van der Waals surface area contributed by atoms with Gasteiger partial charge in [-0.3, -0.25) is 4.79 Å².